The van der Waals surface area contributed by atoms with Crippen LogP contribution >= 0.6 is 11.3 Å². The number of hydrogen-bond acceptors (Lipinski definition) is 8. The average molecular weight is 599 g/mol. The first-order valence-electron chi connectivity index (χ1n) is 13.8. The highest BCUT2D eigenvalue weighted by molar-refractivity contribution is 7.92. The predicted octanol–water partition coefficient (Wildman–Crippen LogP) is 5.92. The van der Waals surface area contributed by atoms with E-state index in [0.29, 0.717) is 42.9 Å². The molecule has 1 aromatic heterocycles. The lowest BCUT2D eigenvalue weighted by Gasteiger charge is -2.35. The summed E-state index contributed by atoms with van der Waals surface area (Å²) < 4.78 is 36.6. The molecule has 2 amide bonds. The van der Waals surface area contributed by atoms with Gasteiger partial charge >= 0.3 is 6.09 Å². The van der Waals surface area contributed by atoms with E-state index >= 15 is 0 Å². The highest BCUT2D eigenvalue weighted by Crippen LogP contribution is 2.47. The number of sulfone groups is 1. The molecule has 218 valence electrons. The molecule has 11 heteroatoms. The van der Waals surface area contributed by atoms with E-state index in [2.05, 4.69) is 10.8 Å². The Balaban J connectivity index is 1.30. The van der Waals surface area contributed by atoms with E-state index in [-0.39, 0.29) is 18.8 Å². The first kappa shape index (κ1) is 29.2. The van der Waals surface area contributed by atoms with Crippen LogP contribution < -0.4 is 10.8 Å². The Morgan fingerprint density at radius 3 is 2.63 bits per heavy atom. The summed E-state index contributed by atoms with van der Waals surface area (Å²) in [5, 5.41) is 2.75. The van der Waals surface area contributed by atoms with Crippen molar-refractivity contribution < 1.29 is 32.3 Å². The molecular formula is C30H34N2O7S2. The molecule has 2 N–H and O–H groups in total. The van der Waals surface area contributed by atoms with Crippen LogP contribution in [-0.4, -0.2) is 39.1 Å². The van der Waals surface area contributed by atoms with Gasteiger partial charge in [-0.3, -0.25) is 10.1 Å². The maximum atomic E-state index is 13.5. The van der Waals surface area contributed by atoms with Crippen molar-refractivity contribution in [2.75, 3.05) is 17.7 Å². The Hall–Kier alpha value is -3.25. The molecule has 0 radical (unpaired) electrons. The van der Waals surface area contributed by atoms with Crippen LogP contribution in [0.25, 0.3) is 10.4 Å². The predicted molar refractivity (Wildman–Crippen MR) is 157 cm³/mol. The maximum Gasteiger partial charge on any atom is 0.411 e. The van der Waals surface area contributed by atoms with Gasteiger partial charge in [0, 0.05) is 28.5 Å². The number of carbonyl (C=O) groups is 2. The van der Waals surface area contributed by atoms with Gasteiger partial charge in [0.2, 0.25) is 5.91 Å². The van der Waals surface area contributed by atoms with Gasteiger partial charge in [0.15, 0.2) is 16.1 Å². The third-order valence-electron chi connectivity index (χ3n) is 7.39. The van der Waals surface area contributed by atoms with Crippen molar-refractivity contribution in [1.82, 2.24) is 5.48 Å². The molecule has 2 fully saturated rings. The van der Waals surface area contributed by atoms with Crippen LogP contribution in [0.4, 0.5) is 10.5 Å². The number of amides is 2. The zero-order chi connectivity index (χ0) is 28.7. The molecule has 2 aliphatic rings. The lowest BCUT2D eigenvalue weighted by atomic mass is 9.94. The number of hydrogen-bond donors (Lipinski definition) is 2. The first-order valence-corrected chi connectivity index (χ1v) is 16.3. The third-order valence-corrected chi connectivity index (χ3v) is 11.4. The van der Waals surface area contributed by atoms with Crippen molar-refractivity contribution in [2.24, 2.45) is 0 Å². The van der Waals surface area contributed by atoms with Crippen LogP contribution in [0.1, 0.15) is 55.4 Å². The number of hydroxylamine groups is 1. The van der Waals surface area contributed by atoms with E-state index in [1.807, 2.05) is 54.6 Å². The molecule has 2 saturated heterocycles. The highest BCUT2D eigenvalue weighted by atomic mass is 32.2. The molecule has 41 heavy (non-hydrogen) atoms. The molecule has 9 nitrogen and oxygen atoms in total. The van der Waals surface area contributed by atoms with E-state index in [9.17, 15) is 18.0 Å². The fourth-order valence-corrected chi connectivity index (χ4v) is 8.99. The highest BCUT2D eigenvalue weighted by Gasteiger charge is 2.49. The number of anilines is 1. The monoisotopic (exact) mass is 598 g/mol. The molecule has 0 bridgehead atoms. The fourth-order valence-electron chi connectivity index (χ4n) is 5.21. The second-order valence-electron chi connectivity index (χ2n) is 10.3. The molecule has 1 unspecified atom stereocenters. The molecule has 3 aromatic rings. The Labute approximate surface area is 244 Å². The van der Waals surface area contributed by atoms with Crippen LogP contribution in [0.15, 0.2) is 66.7 Å². The zero-order valence-electron chi connectivity index (χ0n) is 22.7. The second kappa shape index (κ2) is 13.2. The maximum absolute atomic E-state index is 13.5. The van der Waals surface area contributed by atoms with Crippen LogP contribution in [0.2, 0.25) is 0 Å². The van der Waals surface area contributed by atoms with E-state index < -0.39 is 32.9 Å². The van der Waals surface area contributed by atoms with Crippen molar-refractivity contribution >= 4 is 38.9 Å². The number of benzene rings is 2. The minimum Gasteiger partial charge on any atom is -0.444 e. The second-order valence-corrected chi connectivity index (χ2v) is 13.8. The smallest absolute Gasteiger partial charge is 0.411 e. The van der Waals surface area contributed by atoms with Gasteiger partial charge in [-0.1, -0.05) is 48.9 Å². The van der Waals surface area contributed by atoms with Gasteiger partial charge in [-0.25, -0.2) is 23.5 Å². The Bertz CT molecular complexity index is 1450. The van der Waals surface area contributed by atoms with Gasteiger partial charge in [-0.15, -0.1) is 11.3 Å². The molecule has 0 spiro atoms. The largest absolute Gasteiger partial charge is 0.444 e. The molecule has 5 rings (SSSR count). The SMILES string of the molecule is O=C(C[C@]1(c2ccc(-c3cccc(NC(=O)OCc4ccccc4)c3)s2)CCCCS1(=O)=O)NOC1CCCCO1. The molecule has 3 heterocycles. The molecule has 0 saturated carbocycles. The summed E-state index contributed by atoms with van der Waals surface area (Å²) >= 11 is 1.35. The zero-order valence-corrected chi connectivity index (χ0v) is 24.3. The van der Waals surface area contributed by atoms with Gasteiger partial charge in [0.05, 0.1) is 12.2 Å². The van der Waals surface area contributed by atoms with Crippen molar-refractivity contribution in [2.45, 2.75) is 62.6 Å². The van der Waals surface area contributed by atoms with Crippen molar-refractivity contribution in [3.8, 4) is 10.4 Å². The van der Waals surface area contributed by atoms with Gasteiger partial charge in [0.1, 0.15) is 11.4 Å². The standard InChI is InChI=1S/C30H34N2O7S2/c33-27(32-39-28-13-4-6-17-37-28)20-30(16-5-7-18-41(30,35)36)26-15-14-25(40-26)23-11-8-12-24(19-23)31-29(34)38-21-22-9-2-1-3-10-22/h1-3,8-12,14-15,19,28H,4-7,13,16-18,20-21H2,(H,31,34)(H,32,33)/t28?,30-/m0/s1. The minimum absolute atomic E-state index is 0.0323. The normalized spacial score (nSPS) is 22.0. The molecular weight excluding hydrogens is 564 g/mol. The summed E-state index contributed by atoms with van der Waals surface area (Å²) in [4.78, 5) is 32.2. The number of nitrogens with one attached hydrogen (secondary N) is 2. The van der Waals surface area contributed by atoms with Crippen LogP contribution in [0, 0.1) is 0 Å². The van der Waals surface area contributed by atoms with Crippen LogP contribution in [0.5, 0.6) is 0 Å². The summed E-state index contributed by atoms with van der Waals surface area (Å²) in [6.45, 7) is 0.728. The Morgan fingerprint density at radius 1 is 1.00 bits per heavy atom. The number of carbonyl (C=O) groups excluding carboxylic acids is 2. The van der Waals surface area contributed by atoms with Crippen molar-refractivity contribution in [3.05, 3.63) is 77.2 Å². The van der Waals surface area contributed by atoms with E-state index in [4.69, 9.17) is 14.3 Å². The van der Waals surface area contributed by atoms with E-state index in [1.165, 1.54) is 11.3 Å². The molecule has 2 atom stereocenters. The minimum atomic E-state index is -3.61. The van der Waals surface area contributed by atoms with Gasteiger partial charge in [-0.05, 0) is 61.1 Å². The Morgan fingerprint density at radius 2 is 1.85 bits per heavy atom. The number of rotatable bonds is 9. The quantitative estimate of drug-likeness (QED) is 0.293. The lowest BCUT2D eigenvalue weighted by molar-refractivity contribution is -0.200. The van der Waals surface area contributed by atoms with Gasteiger partial charge < -0.3 is 9.47 Å². The van der Waals surface area contributed by atoms with E-state index in [1.54, 1.807) is 12.1 Å². The third kappa shape index (κ3) is 7.16. The van der Waals surface area contributed by atoms with Crippen molar-refractivity contribution in [3.63, 3.8) is 0 Å². The van der Waals surface area contributed by atoms with Crippen LogP contribution in [-0.2, 0) is 40.3 Å². The van der Waals surface area contributed by atoms with Gasteiger partial charge in [0.25, 0.3) is 0 Å². The summed E-state index contributed by atoms with van der Waals surface area (Å²) in [6.07, 6.45) is 2.90. The van der Waals surface area contributed by atoms with Crippen molar-refractivity contribution in [1.29, 1.82) is 0 Å². The molecule has 2 aliphatic heterocycles. The topological polar surface area (TPSA) is 120 Å². The number of ether oxygens (including phenoxy) is 2. The first-order chi connectivity index (χ1) is 19.8. The summed E-state index contributed by atoms with van der Waals surface area (Å²) in [5.74, 6) is -0.454. The van der Waals surface area contributed by atoms with Gasteiger partial charge in [-0.2, -0.15) is 0 Å². The summed E-state index contributed by atoms with van der Waals surface area (Å²) in [7, 11) is -3.61. The molecule has 2 aromatic carbocycles. The Kier molecular flexibility index (Phi) is 9.39. The molecule has 0 aliphatic carbocycles. The fraction of sp³-hybridized carbons (Fsp3) is 0.400. The summed E-state index contributed by atoms with van der Waals surface area (Å²) in [5.41, 5.74) is 4.69. The van der Waals surface area contributed by atoms with Crippen LogP contribution in [0.3, 0.4) is 0 Å². The summed E-state index contributed by atoms with van der Waals surface area (Å²) in [6, 6.07) is 20.4. The number of thiophene rings is 1. The van der Waals surface area contributed by atoms with E-state index in [0.717, 1.165) is 28.8 Å². The average Bonchev–Trinajstić information content (AvgIpc) is 3.48. The lowest BCUT2D eigenvalue weighted by Crippen LogP contribution is -2.45.